The summed E-state index contributed by atoms with van der Waals surface area (Å²) in [7, 11) is -3.82. The van der Waals surface area contributed by atoms with Gasteiger partial charge in [0.15, 0.2) is 0 Å². The number of oxazole rings is 1. The van der Waals surface area contributed by atoms with Gasteiger partial charge >= 0.3 is 0 Å². The van der Waals surface area contributed by atoms with Crippen molar-refractivity contribution in [3.63, 3.8) is 0 Å². The summed E-state index contributed by atoms with van der Waals surface area (Å²) in [5.41, 5.74) is -0.206. The van der Waals surface area contributed by atoms with Gasteiger partial charge in [-0.1, -0.05) is 0 Å². The van der Waals surface area contributed by atoms with Gasteiger partial charge in [0.2, 0.25) is 5.89 Å². The van der Waals surface area contributed by atoms with Crippen molar-refractivity contribution in [2.45, 2.75) is 24.6 Å². The molecule has 0 saturated heterocycles. The van der Waals surface area contributed by atoms with E-state index < -0.39 is 14.9 Å². The Bertz CT molecular complexity index is 747. The van der Waals surface area contributed by atoms with E-state index in [-0.39, 0.29) is 22.3 Å². The SMILES string of the molecule is Cc1cnc(CNS(=O)(=O)c2cc([N+](=O)[O-])c(C)s2)o1. The van der Waals surface area contributed by atoms with Crippen LogP contribution in [0.15, 0.2) is 20.9 Å². The lowest BCUT2D eigenvalue weighted by molar-refractivity contribution is -0.385. The maximum atomic E-state index is 12.0. The summed E-state index contributed by atoms with van der Waals surface area (Å²) in [5, 5.41) is 10.7. The van der Waals surface area contributed by atoms with Crippen molar-refractivity contribution in [2.75, 3.05) is 0 Å². The Morgan fingerprint density at radius 1 is 1.50 bits per heavy atom. The molecule has 0 amide bonds. The number of thiophene rings is 1. The van der Waals surface area contributed by atoms with Crippen molar-refractivity contribution >= 4 is 27.0 Å². The Morgan fingerprint density at radius 3 is 2.70 bits per heavy atom. The Labute approximate surface area is 118 Å². The predicted molar refractivity (Wildman–Crippen MR) is 71.0 cm³/mol. The van der Waals surface area contributed by atoms with Crippen LogP contribution < -0.4 is 4.72 Å². The van der Waals surface area contributed by atoms with Crippen molar-refractivity contribution in [2.24, 2.45) is 0 Å². The van der Waals surface area contributed by atoms with Gasteiger partial charge in [-0.15, -0.1) is 11.3 Å². The van der Waals surface area contributed by atoms with Crippen LogP contribution in [0.25, 0.3) is 0 Å². The molecule has 0 atom stereocenters. The minimum Gasteiger partial charge on any atom is -0.445 e. The second-order valence-corrected chi connectivity index (χ2v) is 7.20. The summed E-state index contributed by atoms with van der Waals surface area (Å²) in [6.07, 6.45) is 1.48. The fourth-order valence-electron chi connectivity index (χ4n) is 1.47. The Balaban J connectivity index is 2.18. The number of hydrogen-bond donors (Lipinski definition) is 1. The maximum absolute atomic E-state index is 12.0. The van der Waals surface area contributed by atoms with Crippen LogP contribution in [0.4, 0.5) is 5.69 Å². The first-order chi connectivity index (χ1) is 9.29. The zero-order chi connectivity index (χ0) is 14.9. The van der Waals surface area contributed by atoms with E-state index in [1.165, 1.54) is 13.1 Å². The third-order valence-electron chi connectivity index (χ3n) is 2.41. The molecule has 0 aliphatic heterocycles. The van der Waals surface area contributed by atoms with Gasteiger partial charge in [-0.25, -0.2) is 18.1 Å². The number of aryl methyl sites for hydroxylation is 2. The topological polar surface area (TPSA) is 115 Å². The second kappa shape index (κ2) is 5.31. The Kier molecular flexibility index (Phi) is 3.88. The highest BCUT2D eigenvalue weighted by molar-refractivity contribution is 7.91. The van der Waals surface area contributed by atoms with Crippen molar-refractivity contribution in [3.8, 4) is 0 Å². The highest BCUT2D eigenvalue weighted by Gasteiger charge is 2.24. The average molecular weight is 317 g/mol. The van der Waals surface area contributed by atoms with Gasteiger partial charge in [0.1, 0.15) is 9.97 Å². The summed E-state index contributed by atoms with van der Waals surface area (Å²) in [5.74, 6) is 0.802. The van der Waals surface area contributed by atoms with Crippen molar-refractivity contribution in [1.29, 1.82) is 0 Å². The average Bonchev–Trinajstić information content (AvgIpc) is 2.93. The quantitative estimate of drug-likeness (QED) is 0.663. The lowest BCUT2D eigenvalue weighted by Gasteiger charge is -2.01. The van der Waals surface area contributed by atoms with E-state index in [1.807, 2.05) is 0 Å². The molecule has 2 rings (SSSR count). The van der Waals surface area contributed by atoms with E-state index in [2.05, 4.69) is 9.71 Å². The first-order valence-corrected chi connectivity index (χ1v) is 7.75. The minimum atomic E-state index is -3.82. The van der Waals surface area contributed by atoms with Gasteiger partial charge in [0.25, 0.3) is 15.7 Å². The third kappa shape index (κ3) is 3.03. The molecule has 2 heterocycles. The molecule has 108 valence electrons. The van der Waals surface area contributed by atoms with Crippen molar-refractivity contribution in [1.82, 2.24) is 9.71 Å². The summed E-state index contributed by atoms with van der Waals surface area (Å²) in [6, 6.07) is 1.04. The van der Waals surface area contributed by atoms with Gasteiger partial charge in [-0.05, 0) is 13.8 Å². The number of sulfonamides is 1. The number of nitrogens with one attached hydrogen (secondary N) is 1. The molecule has 0 aromatic carbocycles. The molecule has 2 aromatic rings. The van der Waals surface area contributed by atoms with Gasteiger partial charge in [0.05, 0.1) is 22.5 Å². The molecule has 0 bridgehead atoms. The molecule has 8 nitrogen and oxygen atoms in total. The van der Waals surface area contributed by atoms with Crippen LogP contribution in [0.2, 0.25) is 0 Å². The van der Waals surface area contributed by atoms with Gasteiger partial charge in [-0.2, -0.15) is 0 Å². The van der Waals surface area contributed by atoms with E-state index in [1.54, 1.807) is 6.92 Å². The number of rotatable bonds is 5. The third-order valence-corrected chi connectivity index (χ3v) is 5.33. The van der Waals surface area contributed by atoms with E-state index in [4.69, 9.17) is 4.42 Å². The molecule has 1 N–H and O–H groups in total. The number of nitrogens with zero attached hydrogens (tertiary/aromatic N) is 2. The van der Waals surface area contributed by atoms with Crippen molar-refractivity contribution in [3.05, 3.63) is 38.9 Å². The van der Waals surface area contributed by atoms with Crippen LogP contribution in [0.5, 0.6) is 0 Å². The molecule has 0 aliphatic carbocycles. The van der Waals surface area contributed by atoms with Gasteiger partial charge in [0, 0.05) is 6.07 Å². The Morgan fingerprint density at radius 2 is 2.20 bits per heavy atom. The second-order valence-electron chi connectivity index (χ2n) is 3.95. The normalized spacial score (nSPS) is 11.7. The zero-order valence-electron chi connectivity index (χ0n) is 10.6. The summed E-state index contributed by atoms with van der Waals surface area (Å²) in [6.45, 7) is 3.08. The molecule has 0 aliphatic rings. The lowest BCUT2D eigenvalue weighted by atomic mass is 10.4. The van der Waals surface area contributed by atoms with E-state index >= 15 is 0 Å². The highest BCUT2D eigenvalue weighted by atomic mass is 32.2. The standard InChI is InChI=1S/C10H11N3O5S2/c1-6-4-11-9(18-6)5-12-20(16,17)10-3-8(13(14)15)7(2)19-10/h3-4,12H,5H2,1-2H3. The van der Waals surface area contributed by atoms with Crippen LogP contribution in [-0.4, -0.2) is 18.3 Å². The lowest BCUT2D eigenvalue weighted by Crippen LogP contribution is -2.22. The predicted octanol–water partition coefficient (Wildman–Crippen LogP) is 1.74. The van der Waals surface area contributed by atoms with Gasteiger partial charge in [-0.3, -0.25) is 10.1 Å². The van der Waals surface area contributed by atoms with E-state index in [0.29, 0.717) is 10.6 Å². The molecule has 0 radical (unpaired) electrons. The summed E-state index contributed by atoms with van der Waals surface area (Å²) in [4.78, 5) is 14.3. The summed E-state index contributed by atoms with van der Waals surface area (Å²) >= 11 is 0.847. The molecule has 20 heavy (non-hydrogen) atoms. The molecule has 0 unspecified atom stereocenters. The van der Waals surface area contributed by atoms with Crippen molar-refractivity contribution < 1.29 is 17.8 Å². The van der Waals surface area contributed by atoms with Crippen LogP contribution >= 0.6 is 11.3 Å². The zero-order valence-corrected chi connectivity index (χ0v) is 12.2. The maximum Gasteiger partial charge on any atom is 0.284 e. The molecule has 0 spiro atoms. The monoisotopic (exact) mass is 317 g/mol. The molecule has 0 saturated carbocycles. The van der Waals surface area contributed by atoms with Crippen LogP contribution in [0.3, 0.4) is 0 Å². The van der Waals surface area contributed by atoms with Crippen LogP contribution in [0.1, 0.15) is 16.5 Å². The number of hydrogen-bond acceptors (Lipinski definition) is 7. The molecule has 0 fully saturated rings. The molecular formula is C10H11N3O5S2. The highest BCUT2D eigenvalue weighted by Crippen LogP contribution is 2.31. The summed E-state index contributed by atoms with van der Waals surface area (Å²) < 4.78 is 31.3. The Hall–Kier alpha value is -1.78. The fourth-order valence-corrected chi connectivity index (χ4v) is 3.89. The van der Waals surface area contributed by atoms with E-state index in [0.717, 1.165) is 17.4 Å². The van der Waals surface area contributed by atoms with Gasteiger partial charge < -0.3 is 4.42 Å². The fraction of sp³-hybridized carbons (Fsp3) is 0.300. The number of aromatic nitrogens is 1. The first-order valence-electron chi connectivity index (χ1n) is 5.45. The van der Waals surface area contributed by atoms with Crippen LogP contribution in [0, 0.1) is 24.0 Å². The molecule has 2 aromatic heterocycles. The van der Waals surface area contributed by atoms with Crippen LogP contribution in [-0.2, 0) is 16.6 Å². The molecule has 10 heteroatoms. The van der Waals surface area contributed by atoms with E-state index in [9.17, 15) is 18.5 Å². The minimum absolute atomic E-state index is 0.107. The first kappa shape index (κ1) is 14.6. The largest absolute Gasteiger partial charge is 0.445 e. The smallest absolute Gasteiger partial charge is 0.284 e. The number of nitro groups is 1. The molecular weight excluding hydrogens is 306 g/mol.